The van der Waals surface area contributed by atoms with Crippen molar-refractivity contribution in [3.63, 3.8) is 0 Å². The molecule has 2 fully saturated rings. The first-order valence-electron chi connectivity index (χ1n) is 9.91. The van der Waals surface area contributed by atoms with E-state index in [1.54, 1.807) is 12.1 Å². The van der Waals surface area contributed by atoms with E-state index in [1.165, 1.54) is 0 Å². The van der Waals surface area contributed by atoms with Crippen LogP contribution in [-0.4, -0.2) is 77.4 Å². The summed E-state index contributed by atoms with van der Waals surface area (Å²) in [5, 5.41) is 17.2. The van der Waals surface area contributed by atoms with E-state index in [4.69, 9.17) is 13.8 Å². The van der Waals surface area contributed by atoms with Gasteiger partial charge in [0.2, 0.25) is 12.0 Å². The second-order valence-electron chi connectivity index (χ2n) is 7.82. The molecular weight excluding hydrogens is 419 g/mol. The Morgan fingerprint density at radius 1 is 1.16 bits per heavy atom. The lowest BCUT2D eigenvalue weighted by atomic mass is 9.97. The molecule has 2 aliphatic rings. The molecule has 1 N–H and O–H groups in total. The number of fused-ring (bicyclic) bond motifs is 1. The third-order valence-electron chi connectivity index (χ3n) is 5.61. The standard InChI is InChI=1S/C19H20F3N5O4/c20-19(21,22)17(28)18-23-7-15(30-18)12-5-13-16(25-31-24-13)14(6-12)27-9-11(10-27)8-26-1-3-29-4-2-26/h5-7,11,17,28H,1-4,8-10H2. The maximum absolute atomic E-state index is 12.7. The van der Waals surface area contributed by atoms with Crippen LogP contribution in [0, 0.1) is 5.92 Å². The number of aromatic nitrogens is 3. The van der Waals surface area contributed by atoms with Crippen LogP contribution in [0.1, 0.15) is 12.0 Å². The zero-order valence-corrected chi connectivity index (χ0v) is 16.4. The number of oxazole rings is 1. The maximum Gasteiger partial charge on any atom is 0.423 e. The quantitative estimate of drug-likeness (QED) is 0.641. The summed E-state index contributed by atoms with van der Waals surface area (Å²) in [6.45, 7) is 5.99. The lowest BCUT2D eigenvalue weighted by Crippen LogP contribution is -2.53. The van der Waals surface area contributed by atoms with Crippen molar-refractivity contribution in [1.82, 2.24) is 20.2 Å². The van der Waals surface area contributed by atoms with E-state index < -0.39 is 18.2 Å². The van der Waals surface area contributed by atoms with Gasteiger partial charge in [-0.1, -0.05) is 0 Å². The molecule has 0 amide bonds. The Kier molecular flexibility index (Phi) is 5.07. The normalized spacial score (nSPS) is 19.7. The smallest absolute Gasteiger partial charge is 0.423 e. The first kappa shape index (κ1) is 20.2. The van der Waals surface area contributed by atoms with Crippen molar-refractivity contribution in [3.05, 3.63) is 24.2 Å². The van der Waals surface area contributed by atoms with Gasteiger partial charge in [-0.05, 0) is 22.4 Å². The molecule has 3 aromatic rings. The molecule has 0 radical (unpaired) electrons. The van der Waals surface area contributed by atoms with Crippen LogP contribution in [0.15, 0.2) is 27.4 Å². The minimum absolute atomic E-state index is 0.0924. The highest BCUT2D eigenvalue weighted by molar-refractivity contribution is 5.92. The number of benzene rings is 1. The molecule has 0 saturated carbocycles. The molecule has 0 spiro atoms. The molecule has 5 rings (SSSR count). The second kappa shape index (κ2) is 7.77. The van der Waals surface area contributed by atoms with Crippen molar-refractivity contribution in [2.45, 2.75) is 12.3 Å². The van der Waals surface area contributed by atoms with Crippen LogP contribution < -0.4 is 4.90 Å². The number of aliphatic hydroxyl groups is 1. The minimum atomic E-state index is -4.86. The predicted molar refractivity (Wildman–Crippen MR) is 101 cm³/mol. The predicted octanol–water partition coefficient (Wildman–Crippen LogP) is 2.24. The number of hydrogen-bond donors (Lipinski definition) is 1. The van der Waals surface area contributed by atoms with Crippen molar-refractivity contribution in [1.29, 1.82) is 0 Å². The summed E-state index contributed by atoms with van der Waals surface area (Å²) in [6.07, 6.45) is -6.49. The van der Waals surface area contributed by atoms with Gasteiger partial charge in [0.25, 0.3) is 0 Å². The highest BCUT2D eigenvalue weighted by Crippen LogP contribution is 2.37. The van der Waals surface area contributed by atoms with Crippen molar-refractivity contribution in [2.75, 3.05) is 50.8 Å². The second-order valence-corrected chi connectivity index (χ2v) is 7.82. The maximum atomic E-state index is 12.7. The van der Waals surface area contributed by atoms with Gasteiger partial charge < -0.3 is 19.2 Å². The van der Waals surface area contributed by atoms with E-state index in [0.29, 0.717) is 22.5 Å². The molecule has 1 aromatic carbocycles. The monoisotopic (exact) mass is 439 g/mol. The van der Waals surface area contributed by atoms with E-state index in [1.807, 2.05) is 0 Å². The molecule has 31 heavy (non-hydrogen) atoms. The molecule has 1 atom stereocenters. The van der Waals surface area contributed by atoms with E-state index >= 15 is 0 Å². The molecular formula is C19H20F3N5O4. The molecule has 2 saturated heterocycles. The van der Waals surface area contributed by atoms with E-state index in [0.717, 1.165) is 57.8 Å². The van der Waals surface area contributed by atoms with Crippen LogP contribution >= 0.6 is 0 Å². The van der Waals surface area contributed by atoms with Gasteiger partial charge in [0.05, 0.1) is 25.1 Å². The summed E-state index contributed by atoms with van der Waals surface area (Å²) in [5.41, 5.74) is 2.27. The van der Waals surface area contributed by atoms with Gasteiger partial charge in [-0.15, -0.1) is 0 Å². The average molecular weight is 439 g/mol. The third-order valence-corrected chi connectivity index (χ3v) is 5.61. The molecule has 2 aromatic heterocycles. The zero-order valence-electron chi connectivity index (χ0n) is 16.4. The van der Waals surface area contributed by atoms with Crippen LogP contribution in [0.25, 0.3) is 22.4 Å². The number of nitrogens with zero attached hydrogens (tertiary/aromatic N) is 5. The molecule has 12 heteroatoms. The Labute approximate surface area is 174 Å². The Hall–Kier alpha value is -2.70. The van der Waals surface area contributed by atoms with E-state index in [-0.39, 0.29) is 5.76 Å². The molecule has 166 valence electrons. The number of rotatable bonds is 5. The fourth-order valence-electron chi connectivity index (χ4n) is 3.97. The summed E-state index contributed by atoms with van der Waals surface area (Å²) in [6, 6.07) is 3.37. The summed E-state index contributed by atoms with van der Waals surface area (Å²) in [5.74, 6) is -0.220. The number of hydrogen-bond acceptors (Lipinski definition) is 9. The number of halogens is 3. The van der Waals surface area contributed by atoms with Crippen molar-refractivity contribution < 1.29 is 32.1 Å². The van der Waals surface area contributed by atoms with Crippen molar-refractivity contribution >= 4 is 16.7 Å². The molecule has 4 heterocycles. The first-order chi connectivity index (χ1) is 14.9. The Morgan fingerprint density at radius 3 is 2.68 bits per heavy atom. The highest BCUT2D eigenvalue weighted by atomic mass is 19.4. The van der Waals surface area contributed by atoms with Gasteiger partial charge >= 0.3 is 6.18 Å². The summed E-state index contributed by atoms with van der Waals surface area (Å²) in [7, 11) is 0. The molecule has 9 nitrogen and oxygen atoms in total. The number of aliphatic hydroxyl groups excluding tert-OH is 1. The van der Waals surface area contributed by atoms with Gasteiger partial charge in [0.15, 0.2) is 11.3 Å². The minimum Gasteiger partial charge on any atom is -0.437 e. The third kappa shape index (κ3) is 3.98. The van der Waals surface area contributed by atoms with Crippen molar-refractivity contribution in [2.24, 2.45) is 5.92 Å². The van der Waals surface area contributed by atoms with E-state index in [2.05, 4.69) is 25.1 Å². The number of anilines is 1. The molecule has 1 unspecified atom stereocenters. The van der Waals surface area contributed by atoms with Crippen LogP contribution in [-0.2, 0) is 4.74 Å². The summed E-state index contributed by atoms with van der Waals surface area (Å²) in [4.78, 5) is 8.10. The van der Waals surface area contributed by atoms with Gasteiger partial charge in [-0.3, -0.25) is 4.90 Å². The SMILES string of the molecule is OC(c1ncc(-c2cc(N3CC(CN4CCOCC4)C3)c3nonc3c2)o1)C(F)(F)F. The zero-order chi connectivity index (χ0) is 21.6. The largest absolute Gasteiger partial charge is 0.437 e. The Bertz CT molecular complexity index is 1060. The van der Waals surface area contributed by atoms with Gasteiger partial charge in [0.1, 0.15) is 5.52 Å². The fourth-order valence-corrected chi connectivity index (χ4v) is 3.97. The summed E-state index contributed by atoms with van der Waals surface area (Å²) >= 11 is 0. The van der Waals surface area contributed by atoms with Crippen LogP contribution in [0.5, 0.6) is 0 Å². The fraction of sp³-hybridized carbons (Fsp3) is 0.526. The van der Waals surface area contributed by atoms with Crippen LogP contribution in [0.3, 0.4) is 0 Å². The Balaban J connectivity index is 1.36. The topological polar surface area (TPSA) is 101 Å². The first-order valence-corrected chi connectivity index (χ1v) is 9.91. The molecule has 2 aliphatic heterocycles. The van der Waals surface area contributed by atoms with E-state index in [9.17, 15) is 18.3 Å². The summed E-state index contributed by atoms with van der Waals surface area (Å²) < 4.78 is 53.7. The number of ether oxygens (including phenoxy) is 1. The van der Waals surface area contributed by atoms with Crippen LogP contribution in [0.4, 0.5) is 18.9 Å². The van der Waals surface area contributed by atoms with Crippen LogP contribution in [0.2, 0.25) is 0 Å². The van der Waals surface area contributed by atoms with Gasteiger partial charge in [0, 0.05) is 44.2 Å². The average Bonchev–Trinajstić information content (AvgIpc) is 3.38. The van der Waals surface area contributed by atoms with Crippen molar-refractivity contribution in [3.8, 4) is 11.3 Å². The lowest BCUT2D eigenvalue weighted by molar-refractivity contribution is -0.212. The van der Waals surface area contributed by atoms with Gasteiger partial charge in [-0.25, -0.2) is 9.61 Å². The molecule has 0 aliphatic carbocycles. The molecule has 0 bridgehead atoms. The number of morpholine rings is 1. The van der Waals surface area contributed by atoms with Gasteiger partial charge in [-0.2, -0.15) is 13.2 Å². The Morgan fingerprint density at radius 2 is 1.94 bits per heavy atom. The number of alkyl halides is 3. The highest BCUT2D eigenvalue weighted by Gasteiger charge is 2.43. The lowest BCUT2D eigenvalue weighted by Gasteiger charge is -2.43.